The van der Waals surface area contributed by atoms with Crippen molar-refractivity contribution in [2.24, 2.45) is 0 Å². The van der Waals surface area contributed by atoms with E-state index in [1.807, 2.05) is 31.3 Å². The third kappa shape index (κ3) is 3.55. The fourth-order valence-corrected chi connectivity index (χ4v) is 5.27. The predicted molar refractivity (Wildman–Crippen MR) is 110 cm³/mol. The molecule has 5 nitrogen and oxygen atoms in total. The van der Waals surface area contributed by atoms with Gasteiger partial charge in [-0.2, -0.15) is 0 Å². The maximum atomic E-state index is 13.1. The first-order valence-electron chi connectivity index (χ1n) is 9.12. The molecule has 4 rings (SSSR count). The lowest BCUT2D eigenvalue weighted by molar-refractivity contribution is 0.170. The molecule has 1 atom stereocenters. The van der Waals surface area contributed by atoms with Crippen molar-refractivity contribution in [3.63, 3.8) is 0 Å². The molecule has 0 unspecified atom stereocenters. The highest BCUT2D eigenvalue weighted by Gasteiger charge is 2.27. The molecular formula is C20H22ClN3O2S. The molecule has 2 heterocycles. The average Bonchev–Trinajstić information content (AvgIpc) is 3.04. The van der Waals surface area contributed by atoms with Gasteiger partial charge < -0.3 is 10.0 Å². The highest BCUT2D eigenvalue weighted by atomic mass is 35.5. The van der Waals surface area contributed by atoms with Crippen LogP contribution < -0.4 is 5.56 Å². The molecule has 0 spiro atoms. The number of hydrogen-bond donors (Lipinski definition) is 1. The Morgan fingerprint density at radius 3 is 3.00 bits per heavy atom. The smallest absolute Gasteiger partial charge is 0.262 e. The van der Waals surface area contributed by atoms with Gasteiger partial charge in [-0.1, -0.05) is 29.8 Å². The first kappa shape index (κ1) is 18.6. The van der Waals surface area contributed by atoms with Crippen LogP contribution in [0.5, 0.6) is 0 Å². The molecule has 1 aromatic carbocycles. The fourth-order valence-electron chi connectivity index (χ4n) is 3.82. The zero-order valence-corrected chi connectivity index (χ0v) is 16.8. The topological polar surface area (TPSA) is 58.4 Å². The maximum absolute atomic E-state index is 13.1. The molecule has 2 aromatic heterocycles. The van der Waals surface area contributed by atoms with Gasteiger partial charge in [0.25, 0.3) is 5.56 Å². The van der Waals surface area contributed by atoms with Gasteiger partial charge in [0.2, 0.25) is 0 Å². The maximum Gasteiger partial charge on any atom is 0.262 e. The summed E-state index contributed by atoms with van der Waals surface area (Å²) in [6, 6.07) is 7.99. The fraction of sp³-hybridized carbons (Fsp3) is 0.400. The molecule has 0 radical (unpaired) electrons. The van der Waals surface area contributed by atoms with Gasteiger partial charge in [0.05, 0.1) is 24.9 Å². The first-order valence-corrected chi connectivity index (χ1v) is 10.3. The van der Waals surface area contributed by atoms with E-state index in [0.717, 1.165) is 40.6 Å². The molecule has 7 heteroatoms. The van der Waals surface area contributed by atoms with Gasteiger partial charge >= 0.3 is 0 Å². The van der Waals surface area contributed by atoms with Crippen LogP contribution in [-0.2, 0) is 19.4 Å². The summed E-state index contributed by atoms with van der Waals surface area (Å²) < 4.78 is 1.65. The molecular weight excluding hydrogens is 382 g/mol. The molecule has 142 valence electrons. The molecule has 0 amide bonds. The first-order chi connectivity index (χ1) is 13.1. The van der Waals surface area contributed by atoms with E-state index in [9.17, 15) is 9.90 Å². The van der Waals surface area contributed by atoms with Gasteiger partial charge in [-0.15, -0.1) is 11.3 Å². The average molecular weight is 404 g/mol. The van der Waals surface area contributed by atoms with Gasteiger partial charge in [-0.25, -0.2) is 4.98 Å². The van der Waals surface area contributed by atoms with Crippen LogP contribution in [0.1, 0.15) is 22.4 Å². The van der Waals surface area contributed by atoms with E-state index >= 15 is 0 Å². The molecule has 0 aliphatic heterocycles. The summed E-state index contributed by atoms with van der Waals surface area (Å²) in [4.78, 5) is 22.0. The molecule has 0 fully saturated rings. The van der Waals surface area contributed by atoms with Crippen molar-refractivity contribution < 1.29 is 5.11 Å². The Kier molecular flexibility index (Phi) is 5.32. The summed E-state index contributed by atoms with van der Waals surface area (Å²) in [5.74, 6) is 0. The van der Waals surface area contributed by atoms with Crippen LogP contribution in [0.3, 0.4) is 0 Å². The number of likely N-dealkylation sites (N-methyl/N-ethyl adjacent to an activating group) is 1. The summed E-state index contributed by atoms with van der Waals surface area (Å²) in [6.07, 6.45) is 4.42. The number of aliphatic hydroxyl groups is 1. The van der Waals surface area contributed by atoms with Crippen molar-refractivity contribution in [2.45, 2.75) is 31.8 Å². The second-order valence-electron chi connectivity index (χ2n) is 7.05. The number of aryl methyl sites for hydroxylation is 1. The predicted octanol–water partition coefficient (Wildman–Crippen LogP) is 2.94. The number of fused-ring (bicyclic) bond motifs is 3. The number of thiophene rings is 1. The van der Waals surface area contributed by atoms with Crippen molar-refractivity contribution in [1.29, 1.82) is 0 Å². The number of nitrogens with zero attached hydrogens (tertiary/aromatic N) is 3. The normalized spacial score (nSPS) is 16.8. The van der Waals surface area contributed by atoms with Crippen LogP contribution in [0.4, 0.5) is 0 Å². The Hall–Kier alpha value is -1.73. The molecule has 27 heavy (non-hydrogen) atoms. The van der Waals surface area contributed by atoms with Crippen molar-refractivity contribution in [1.82, 2.24) is 14.5 Å². The third-order valence-corrected chi connectivity index (χ3v) is 6.92. The van der Waals surface area contributed by atoms with Crippen molar-refractivity contribution >= 4 is 33.2 Å². The van der Waals surface area contributed by atoms with E-state index < -0.39 is 0 Å². The summed E-state index contributed by atoms with van der Waals surface area (Å²) in [5.41, 5.74) is 2.09. The van der Waals surface area contributed by atoms with E-state index in [2.05, 4.69) is 9.88 Å². The summed E-state index contributed by atoms with van der Waals surface area (Å²) in [5, 5.41) is 10.6. The Bertz CT molecular complexity index is 1030. The van der Waals surface area contributed by atoms with E-state index in [1.165, 1.54) is 4.88 Å². The number of aliphatic hydroxyl groups excluding tert-OH is 1. The Morgan fingerprint density at radius 2 is 2.22 bits per heavy atom. The lowest BCUT2D eigenvalue weighted by Gasteiger charge is -2.30. The SMILES string of the molecule is CN(CCO)[C@H]1CCc2c(sc3ncn(Cc4ccccc4Cl)c(=O)c23)C1. The van der Waals surface area contributed by atoms with Crippen LogP contribution in [0.2, 0.25) is 5.02 Å². The minimum Gasteiger partial charge on any atom is -0.395 e. The van der Waals surface area contributed by atoms with Gasteiger partial charge in [-0.05, 0) is 43.5 Å². The largest absolute Gasteiger partial charge is 0.395 e. The van der Waals surface area contributed by atoms with Crippen molar-refractivity contribution in [3.8, 4) is 0 Å². The number of rotatable bonds is 5. The molecule has 1 aliphatic carbocycles. The Balaban J connectivity index is 1.69. The van der Waals surface area contributed by atoms with E-state index in [-0.39, 0.29) is 12.2 Å². The quantitative estimate of drug-likeness (QED) is 0.711. The molecule has 0 bridgehead atoms. The number of benzene rings is 1. The van der Waals surface area contributed by atoms with E-state index in [0.29, 0.717) is 24.2 Å². The highest BCUT2D eigenvalue weighted by Crippen LogP contribution is 2.34. The standard InChI is InChI=1S/C20H22ClN3O2S/c1-23(8-9-25)14-6-7-15-17(10-14)27-19-18(15)20(26)24(12-22-19)11-13-4-2-3-5-16(13)21/h2-5,12,14,25H,6-11H2,1H3/t14-/m0/s1. The van der Waals surface area contributed by atoms with Crippen molar-refractivity contribution in [3.05, 3.63) is 62.0 Å². The van der Waals surface area contributed by atoms with Crippen LogP contribution in [0.25, 0.3) is 10.2 Å². The molecule has 0 saturated carbocycles. The van der Waals surface area contributed by atoms with E-state index in [4.69, 9.17) is 11.6 Å². The second-order valence-corrected chi connectivity index (χ2v) is 8.54. The number of hydrogen-bond acceptors (Lipinski definition) is 5. The van der Waals surface area contributed by atoms with Crippen LogP contribution in [-0.4, -0.2) is 45.8 Å². The van der Waals surface area contributed by atoms with Gasteiger partial charge in [0.1, 0.15) is 4.83 Å². The second kappa shape index (κ2) is 7.72. The Labute approximate surface area is 166 Å². The Morgan fingerprint density at radius 1 is 1.41 bits per heavy atom. The minimum atomic E-state index is 0.0135. The zero-order valence-electron chi connectivity index (χ0n) is 15.2. The molecule has 3 aromatic rings. The third-order valence-electron chi connectivity index (χ3n) is 5.38. The van der Waals surface area contributed by atoms with Crippen LogP contribution in [0.15, 0.2) is 35.4 Å². The molecule has 0 saturated heterocycles. The summed E-state index contributed by atoms with van der Waals surface area (Å²) in [7, 11) is 2.05. The lowest BCUT2D eigenvalue weighted by atomic mass is 9.92. The lowest BCUT2D eigenvalue weighted by Crippen LogP contribution is -2.37. The summed E-state index contributed by atoms with van der Waals surface area (Å²) >= 11 is 7.89. The van der Waals surface area contributed by atoms with Crippen LogP contribution >= 0.6 is 22.9 Å². The van der Waals surface area contributed by atoms with E-state index in [1.54, 1.807) is 22.2 Å². The van der Waals surface area contributed by atoms with Crippen molar-refractivity contribution in [2.75, 3.05) is 20.2 Å². The van der Waals surface area contributed by atoms with Gasteiger partial charge in [0.15, 0.2) is 0 Å². The van der Waals surface area contributed by atoms with Crippen LogP contribution in [0, 0.1) is 0 Å². The molecule has 1 N–H and O–H groups in total. The van der Waals surface area contributed by atoms with Gasteiger partial charge in [-0.3, -0.25) is 9.36 Å². The zero-order chi connectivity index (χ0) is 19.0. The van der Waals surface area contributed by atoms with Gasteiger partial charge in [0, 0.05) is 22.5 Å². The highest BCUT2D eigenvalue weighted by molar-refractivity contribution is 7.18. The minimum absolute atomic E-state index is 0.0135. The number of aromatic nitrogens is 2. The molecule has 1 aliphatic rings. The summed E-state index contributed by atoms with van der Waals surface area (Å²) in [6.45, 7) is 1.27. The monoisotopic (exact) mass is 403 g/mol. The number of halogens is 1.